The van der Waals surface area contributed by atoms with Gasteiger partial charge >= 0.3 is 6.36 Å². The first-order valence-electron chi connectivity index (χ1n) is 3.37. The highest BCUT2D eigenvalue weighted by Crippen LogP contribution is 2.21. The van der Waals surface area contributed by atoms with Gasteiger partial charge in [-0.3, -0.25) is 9.64 Å². The molecule has 0 aromatic carbocycles. The third kappa shape index (κ3) is 3.38. The van der Waals surface area contributed by atoms with E-state index >= 15 is 0 Å². The summed E-state index contributed by atoms with van der Waals surface area (Å²) in [5.41, 5.74) is 0. The molecular formula is C6H9F3NO2. The molecule has 1 aliphatic heterocycles. The first-order chi connectivity index (χ1) is 5.47. The van der Waals surface area contributed by atoms with Crippen molar-refractivity contribution in [1.82, 2.24) is 4.90 Å². The largest absolute Gasteiger partial charge is 0.524 e. The van der Waals surface area contributed by atoms with Crippen molar-refractivity contribution in [3.63, 3.8) is 0 Å². The Bertz CT molecular complexity index is 150. The molecule has 0 N–H and O–H groups in total. The minimum atomic E-state index is -4.63. The van der Waals surface area contributed by atoms with E-state index < -0.39 is 12.7 Å². The highest BCUT2D eigenvalue weighted by atomic mass is 19.4. The Morgan fingerprint density at radius 1 is 1.58 bits per heavy atom. The molecule has 0 aromatic heterocycles. The number of halogens is 3. The first kappa shape index (κ1) is 9.76. The molecule has 1 saturated heterocycles. The van der Waals surface area contributed by atoms with Gasteiger partial charge in [-0.2, -0.15) is 0 Å². The molecule has 1 radical (unpaired) electrons. The predicted octanol–water partition coefficient (Wildman–Crippen LogP) is 0.973. The van der Waals surface area contributed by atoms with Crippen LogP contribution in [0.5, 0.6) is 0 Å². The van der Waals surface area contributed by atoms with Crippen LogP contribution < -0.4 is 0 Å². The number of hydrogen-bond acceptors (Lipinski definition) is 3. The zero-order chi connectivity index (χ0) is 9.19. The number of alkyl halides is 3. The van der Waals surface area contributed by atoms with Crippen molar-refractivity contribution in [3.8, 4) is 0 Å². The maximum atomic E-state index is 11.6. The van der Waals surface area contributed by atoms with E-state index in [1.54, 1.807) is 11.9 Å². The molecule has 1 fully saturated rings. The smallest absolute Gasteiger partial charge is 0.344 e. The van der Waals surface area contributed by atoms with E-state index in [2.05, 4.69) is 9.47 Å². The summed E-state index contributed by atoms with van der Waals surface area (Å²) in [7, 11) is 1.69. The summed E-state index contributed by atoms with van der Waals surface area (Å²) >= 11 is 0. The quantitative estimate of drug-likeness (QED) is 0.606. The third-order valence-corrected chi connectivity index (χ3v) is 1.36. The lowest BCUT2D eigenvalue weighted by Crippen LogP contribution is -2.41. The van der Waals surface area contributed by atoms with E-state index in [1.165, 1.54) is 6.61 Å². The van der Waals surface area contributed by atoms with Crippen LogP contribution in [0.4, 0.5) is 13.2 Å². The third-order valence-electron chi connectivity index (χ3n) is 1.36. The van der Waals surface area contributed by atoms with Gasteiger partial charge in [0, 0.05) is 13.1 Å². The molecule has 71 valence electrons. The Morgan fingerprint density at radius 3 is 2.75 bits per heavy atom. The number of likely N-dealkylation sites (N-methyl/N-ethyl adjacent to an activating group) is 1. The zero-order valence-corrected chi connectivity index (χ0v) is 6.47. The van der Waals surface area contributed by atoms with E-state index in [-0.39, 0.29) is 6.54 Å². The standard InChI is InChI=1S/C6H9F3NO2/c1-10-2-3-11-5(4-10)12-6(7,8)9/h3,5H,2,4H2,1H3. The maximum absolute atomic E-state index is 11.6. The van der Waals surface area contributed by atoms with Crippen LogP contribution in [-0.4, -0.2) is 37.7 Å². The van der Waals surface area contributed by atoms with Crippen LogP contribution in [0.25, 0.3) is 0 Å². The van der Waals surface area contributed by atoms with E-state index in [9.17, 15) is 13.2 Å². The highest BCUT2D eigenvalue weighted by molar-refractivity contribution is 4.68. The normalized spacial score (nSPS) is 27.5. The Hall–Kier alpha value is -0.330. The van der Waals surface area contributed by atoms with Gasteiger partial charge in [-0.15, -0.1) is 13.2 Å². The molecule has 0 bridgehead atoms. The Morgan fingerprint density at radius 2 is 2.25 bits per heavy atom. The number of ether oxygens (including phenoxy) is 2. The zero-order valence-electron chi connectivity index (χ0n) is 6.47. The van der Waals surface area contributed by atoms with Crippen LogP contribution in [-0.2, 0) is 9.47 Å². The average molecular weight is 184 g/mol. The summed E-state index contributed by atoms with van der Waals surface area (Å²) in [6, 6.07) is 0. The molecule has 1 unspecified atom stereocenters. The van der Waals surface area contributed by atoms with Gasteiger partial charge in [0.15, 0.2) is 6.29 Å². The second-order valence-corrected chi connectivity index (χ2v) is 2.52. The molecule has 0 spiro atoms. The monoisotopic (exact) mass is 184 g/mol. The summed E-state index contributed by atoms with van der Waals surface area (Å²) in [5.74, 6) is 0. The molecule has 0 amide bonds. The summed E-state index contributed by atoms with van der Waals surface area (Å²) in [5, 5.41) is 0. The van der Waals surface area contributed by atoms with Gasteiger partial charge in [-0.1, -0.05) is 0 Å². The van der Waals surface area contributed by atoms with Crippen LogP contribution in [0, 0.1) is 6.61 Å². The van der Waals surface area contributed by atoms with Gasteiger partial charge in [0.2, 0.25) is 0 Å². The van der Waals surface area contributed by atoms with Crippen LogP contribution in [0.15, 0.2) is 0 Å². The molecule has 1 heterocycles. The van der Waals surface area contributed by atoms with Gasteiger partial charge in [-0.05, 0) is 7.05 Å². The van der Waals surface area contributed by atoms with Crippen molar-refractivity contribution < 1.29 is 22.6 Å². The molecular weight excluding hydrogens is 175 g/mol. The molecule has 6 heteroatoms. The van der Waals surface area contributed by atoms with Crippen LogP contribution in [0.3, 0.4) is 0 Å². The fraction of sp³-hybridized carbons (Fsp3) is 0.833. The van der Waals surface area contributed by atoms with Gasteiger partial charge in [0.1, 0.15) is 6.61 Å². The fourth-order valence-electron chi connectivity index (χ4n) is 0.864. The number of nitrogens with zero attached hydrogens (tertiary/aromatic N) is 1. The predicted molar refractivity (Wildman–Crippen MR) is 33.8 cm³/mol. The highest BCUT2D eigenvalue weighted by Gasteiger charge is 2.35. The Labute approximate surface area is 68.0 Å². The average Bonchev–Trinajstić information content (AvgIpc) is 1.82. The fourth-order valence-corrected chi connectivity index (χ4v) is 0.864. The lowest BCUT2D eigenvalue weighted by Gasteiger charge is -2.29. The topological polar surface area (TPSA) is 21.7 Å². The number of rotatable bonds is 1. The summed E-state index contributed by atoms with van der Waals surface area (Å²) in [4.78, 5) is 1.67. The second kappa shape index (κ2) is 3.59. The maximum Gasteiger partial charge on any atom is 0.524 e. The molecule has 3 nitrogen and oxygen atoms in total. The minimum absolute atomic E-state index is 0.121. The van der Waals surface area contributed by atoms with Crippen molar-refractivity contribution in [2.75, 3.05) is 20.1 Å². The molecule has 0 aliphatic carbocycles. The lowest BCUT2D eigenvalue weighted by molar-refractivity contribution is -0.379. The molecule has 1 aliphatic rings. The Kier molecular flexibility index (Phi) is 2.92. The van der Waals surface area contributed by atoms with Crippen molar-refractivity contribution in [3.05, 3.63) is 6.61 Å². The summed E-state index contributed by atoms with van der Waals surface area (Å²) in [6.07, 6.45) is -5.86. The van der Waals surface area contributed by atoms with Crippen molar-refractivity contribution in [2.45, 2.75) is 12.7 Å². The molecule has 0 saturated carbocycles. The van der Waals surface area contributed by atoms with Gasteiger partial charge < -0.3 is 4.74 Å². The van der Waals surface area contributed by atoms with E-state index in [1.807, 2.05) is 0 Å². The van der Waals surface area contributed by atoms with E-state index in [0.29, 0.717) is 6.54 Å². The molecule has 12 heavy (non-hydrogen) atoms. The van der Waals surface area contributed by atoms with Gasteiger partial charge in [-0.25, -0.2) is 0 Å². The molecule has 1 rings (SSSR count). The summed E-state index contributed by atoms with van der Waals surface area (Å²) < 4.78 is 43.2. The van der Waals surface area contributed by atoms with Crippen LogP contribution in [0.2, 0.25) is 0 Å². The van der Waals surface area contributed by atoms with E-state index in [0.717, 1.165) is 0 Å². The van der Waals surface area contributed by atoms with Crippen LogP contribution in [0.1, 0.15) is 0 Å². The van der Waals surface area contributed by atoms with Gasteiger partial charge in [0.05, 0.1) is 0 Å². The summed E-state index contributed by atoms with van der Waals surface area (Å²) in [6.45, 7) is 1.92. The Balaban J connectivity index is 2.32. The van der Waals surface area contributed by atoms with Crippen molar-refractivity contribution in [1.29, 1.82) is 0 Å². The minimum Gasteiger partial charge on any atom is -0.344 e. The lowest BCUT2D eigenvalue weighted by atomic mass is 10.4. The number of hydrogen-bond donors (Lipinski definition) is 0. The van der Waals surface area contributed by atoms with E-state index in [4.69, 9.17) is 0 Å². The van der Waals surface area contributed by atoms with Crippen LogP contribution >= 0.6 is 0 Å². The SMILES string of the molecule is CN1C[CH]OC(OC(F)(F)F)C1. The van der Waals surface area contributed by atoms with Crippen molar-refractivity contribution >= 4 is 0 Å². The second-order valence-electron chi connectivity index (χ2n) is 2.52. The molecule has 1 atom stereocenters. The number of morpholine rings is 1. The first-order valence-corrected chi connectivity index (χ1v) is 3.37. The molecule has 0 aromatic rings. The van der Waals surface area contributed by atoms with Crippen molar-refractivity contribution in [2.24, 2.45) is 0 Å². The van der Waals surface area contributed by atoms with Gasteiger partial charge in [0.25, 0.3) is 0 Å².